The molecule has 80 valence electrons. The van der Waals surface area contributed by atoms with Crippen LogP contribution in [0.15, 0.2) is 24.3 Å². The van der Waals surface area contributed by atoms with Gasteiger partial charge in [0.2, 0.25) is 0 Å². The first-order valence-electron chi connectivity index (χ1n) is 4.91. The predicted molar refractivity (Wildman–Crippen MR) is 54.8 cm³/mol. The third-order valence-corrected chi connectivity index (χ3v) is 2.67. The van der Waals surface area contributed by atoms with Gasteiger partial charge in [0.1, 0.15) is 0 Å². The highest BCUT2D eigenvalue weighted by molar-refractivity contribution is 5.87. The van der Waals surface area contributed by atoms with Gasteiger partial charge >= 0.3 is 5.97 Å². The Morgan fingerprint density at radius 3 is 2.47 bits per heavy atom. The van der Waals surface area contributed by atoms with Crippen molar-refractivity contribution in [3.8, 4) is 0 Å². The lowest BCUT2D eigenvalue weighted by Crippen LogP contribution is -2.14. The van der Waals surface area contributed by atoms with Gasteiger partial charge in [-0.25, -0.2) is 4.79 Å². The van der Waals surface area contributed by atoms with Crippen LogP contribution in [0, 0.1) is 0 Å². The molecule has 3 N–H and O–H groups in total. The molecule has 0 radical (unpaired) electrons. The summed E-state index contributed by atoms with van der Waals surface area (Å²) in [5, 5.41) is 21.2. The Morgan fingerprint density at radius 1 is 1.33 bits per heavy atom. The minimum absolute atomic E-state index is 0.142. The van der Waals surface area contributed by atoms with Crippen LogP contribution in [0.4, 0.5) is 0 Å². The minimum atomic E-state index is -0.916. The van der Waals surface area contributed by atoms with Crippen LogP contribution in [0.1, 0.15) is 28.4 Å². The molecule has 1 heterocycles. The summed E-state index contributed by atoms with van der Waals surface area (Å²) in [4.78, 5) is 10.6. The molecule has 1 aromatic carbocycles. The lowest BCUT2D eigenvalue weighted by molar-refractivity contribution is 0.0697. The maximum Gasteiger partial charge on any atom is 0.335 e. The molecule has 1 saturated heterocycles. The van der Waals surface area contributed by atoms with Gasteiger partial charge in [0.25, 0.3) is 0 Å². The Hall–Kier alpha value is -1.39. The van der Waals surface area contributed by atoms with Crippen LogP contribution in [0.2, 0.25) is 0 Å². The number of nitrogens with one attached hydrogen (secondary N) is 1. The van der Waals surface area contributed by atoms with Crippen LogP contribution in [0.5, 0.6) is 0 Å². The van der Waals surface area contributed by atoms with E-state index in [2.05, 4.69) is 5.32 Å². The quantitative estimate of drug-likeness (QED) is 0.670. The van der Waals surface area contributed by atoms with Gasteiger partial charge in [-0.15, -0.1) is 0 Å². The highest BCUT2D eigenvalue weighted by Gasteiger charge is 2.23. The lowest BCUT2D eigenvalue weighted by Gasteiger charge is -2.10. The van der Waals surface area contributed by atoms with Crippen LogP contribution < -0.4 is 5.32 Å². The molecule has 2 unspecified atom stereocenters. The van der Waals surface area contributed by atoms with Crippen molar-refractivity contribution >= 4 is 5.97 Å². The molecule has 2 atom stereocenters. The van der Waals surface area contributed by atoms with E-state index in [0.29, 0.717) is 13.0 Å². The molecular formula is C11H13NO3. The second-order valence-electron chi connectivity index (χ2n) is 3.78. The summed E-state index contributed by atoms with van der Waals surface area (Å²) in [7, 11) is 0. The van der Waals surface area contributed by atoms with E-state index in [1.165, 1.54) is 0 Å². The number of carbonyl (C=O) groups is 1. The van der Waals surface area contributed by atoms with Gasteiger partial charge in [-0.1, -0.05) is 12.1 Å². The summed E-state index contributed by atoms with van der Waals surface area (Å²) < 4.78 is 0. The molecule has 0 bridgehead atoms. The van der Waals surface area contributed by atoms with E-state index in [0.717, 1.165) is 5.56 Å². The molecule has 1 aliphatic rings. The number of aliphatic hydroxyl groups excluding tert-OH is 1. The van der Waals surface area contributed by atoms with Gasteiger partial charge < -0.3 is 15.5 Å². The molecule has 0 aliphatic carbocycles. The molecule has 4 heteroatoms. The SMILES string of the molecule is O=C(O)c1ccc(C2CC(O)CN2)cc1. The van der Waals surface area contributed by atoms with Gasteiger partial charge in [-0.2, -0.15) is 0 Å². The van der Waals surface area contributed by atoms with Crippen molar-refractivity contribution in [1.29, 1.82) is 0 Å². The fraction of sp³-hybridized carbons (Fsp3) is 0.364. The van der Waals surface area contributed by atoms with E-state index in [4.69, 9.17) is 5.11 Å². The average Bonchev–Trinajstić information content (AvgIpc) is 2.65. The number of hydrogen-bond acceptors (Lipinski definition) is 3. The number of carboxylic acids is 1. The topological polar surface area (TPSA) is 69.6 Å². The van der Waals surface area contributed by atoms with Crippen molar-refractivity contribution < 1.29 is 15.0 Å². The minimum Gasteiger partial charge on any atom is -0.478 e. The van der Waals surface area contributed by atoms with Gasteiger partial charge in [0.05, 0.1) is 11.7 Å². The first kappa shape index (κ1) is 10.1. The molecule has 0 aromatic heterocycles. The summed E-state index contributed by atoms with van der Waals surface area (Å²) >= 11 is 0. The van der Waals surface area contributed by atoms with Gasteiger partial charge in [0.15, 0.2) is 0 Å². The normalized spacial score (nSPS) is 25.4. The van der Waals surface area contributed by atoms with Crippen molar-refractivity contribution in [3.63, 3.8) is 0 Å². The van der Waals surface area contributed by atoms with E-state index >= 15 is 0 Å². The van der Waals surface area contributed by atoms with Gasteiger partial charge in [0, 0.05) is 12.6 Å². The second-order valence-corrected chi connectivity index (χ2v) is 3.78. The number of aliphatic hydroxyl groups is 1. The summed E-state index contributed by atoms with van der Waals surface area (Å²) in [5.74, 6) is -0.916. The third kappa shape index (κ3) is 2.16. The standard InChI is InChI=1S/C11H13NO3/c13-9-5-10(12-6-9)7-1-3-8(4-2-7)11(14)15/h1-4,9-10,12-13H,5-6H2,(H,14,15). The highest BCUT2D eigenvalue weighted by atomic mass is 16.4. The molecule has 1 aromatic rings. The zero-order valence-electron chi connectivity index (χ0n) is 8.18. The first-order chi connectivity index (χ1) is 7.16. The Kier molecular flexibility index (Phi) is 2.70. The van der Waals surface area contributed by atoms with Crippen molar-refractivity contribution in [2.75, 3.05) is 6.54 Å². The highest BCUT2D eigenvalue weighted by Crippen LogP contribution is 2.23. The first-order valence-corrected chi connectivity index (χ1v) is 4.91. The van der Waals surface area contributed by atoms with Crippen LogP contribution in [0.3, 0.4) is 0 Å². The number of hydrogen-bond donors (Lipinski definition) is 3. The van der Waals surface area contributed by atoms with Crippen LogP contribution in [-0.4, -0.2) is 28.8 Å². The largest absolute Gasteiger partial charge is 0.478 e. The lowest BCUT2D eigenvalue weighted by atomic mass is 10.0. The van der Waals surface area contributed by atoms with E-state index in [1.54, 1.807) is 24.3 Å². The zero-order chi connectivity index (χ0) is 10.8. The summed E-state index contributed by atoms with van der Waals surface area (Å²) in [6.07, 6.45) is 0.390. The van der Waals surface area contributed by atoms with E-state index in [-0.39, 0.29) is 17.7 Å². The summed E-state index contributed by atoms with van der Waals surface area (Å²) in [6.45, 7) is 0.603. The molecule has 2 rings (SSSR count). The maximum atomic E-state index is 10.6. The van der Waals surface area contributed by atoms with Gasteiger partial charge in [-0.05, 0) is 24.1 Å². The molecular weight excluding hydrogens is 194 g/mol. The molecule has 4 nitrogen and oxygen atoms in total. The van der Waals surface area contributed by atoms with E-state index < -0.39 is 5.97 Å². The Morgan fingerprint density at radius 2 is 2.00 bits per heavy atom. The van der Waals surface area contributed by atoms with E-state index in [1.807, 2.05) is 0 Å². The number of aromatic carboxylic acids is 1. The second kappa shape index (κ2) is 4.00. The summed E-state index contributed by atoms with van der Waals surface area (Å²) in [6, 6.07) is 6.90. The zero-order valence-corrected chi connectivity index (χ0v) is 8.18. The number of carboxylic acid groups (broad SMARTS) is 1. The smallest absolute Gasteiger partial charge is 0.335 e. The molecule has 1 aliphatic heterocycles. The molecule has 15 heavy (non-hydrogen) atoms. The van der Waals surface area contributed by atoms with E-state index in [9.17, 15) is 9.90 Å². The van der Waals surface area contributed by atoms with Crippen molar-refractivity contribution in [2.45, 2.75) is 18.6 Å². The Labute approximate surface area is 87.6 Å². The van der Waals surface area contributed by atoms with Crippen molar-refractivity contribution in [2.24, 2.45) is 0 Å². The Balaban J connectivity index is 2.13. The molecule has 0 saturated carbocycles. The Bertz CT molecular complexity index is 361. The predicted octanol–water partition coefficient (Wildman–Crippen LogP) is 0.780. The van der Waals surface area contributed by atoms with Crippen LogP contribution >= 0.6 is 0 Å². The van der Waals surface area contributed by atoms with Gasteiger partial charge in [-0.3, -0.25) is 0 Å². The van der Waals surface area contributed by atoms with Crippen LogP contribution in [-0.2, 0) is 0 Å². The molecule has 0 spiro atoms. The monoisotopic (exact) mass is 207 g/mol. The van der Waals surface area contributed by atoms with Crippen molar-refractivity contribution in [1.82, 2.24) is 5.32 Å². The fourth-order valence-corrected chi connectivity index (χ4v) is 1.83. The van der Waals surface area contributed by atoms with Crippen molar-refractivity contribution in [3.05, 3.63) is 35.4 Å². The summed E-state index contributed by atoms with van der Waals surface area (Å²) in [5.41, 5.74) is 1.31. The number of β-amino-alcohol motifs (C(OH)–C–C–N with tert-alkyl or cyclic N) is 1. The maximum absolute atomic E-state index is 10.6. The number of rotatable bonds is 2. The molecule has 0 amide bonds. The average molecular weight is 207 g/mol. The fourth-order valence-electron chi connectivity index (χ4n) is 1.83. The number of benzene rings is 1. The van der Waals surface area contributed by atoms with Crippen LogP contribution in [0.25, 0.3) is 0 Å². The third-order valence-electron chi connectivity index (χ3n) is 2.67. The molecule has 1 fully saturated rings.